The molecule has 1 atom stereocenters. The number of hydrogen-bond acceptors (Lipinski definition) is 7. The zero-order valence-corrected chi connectivity index (χ0v) is 22.4. The van der Waals surface area contributed by atoms with Gasteiger partial charge in [0.15, 0.2) is 16.6 Å². The van der Waals surface area contributed by atoms with E-state index in [1.54, 1.807) is 17.6 Å². The quantitative estimate of drug-likeness (QED) is 0.241. The third-order valence-electron chi connectivity index (χ3n) is 6.76. The number of benzene rings is 3. The molecule has 3 aromatic carbocycles. The van der Waals surface area contributed by atoms with Gasteiger partial charge in [0.2, 0.25) is 5.91 Å². The Morgan fingerprint density at radius 3 is 2.50 bits per heavy atom. The highest BCUT2D eigenvalue weighted by atomic mass is 32.1. The molecule has 0 saturated heterocycles. The number of ether oxygens (including phenoxy) is 2. The summed E-state index contributed by atoms with van der Waals surface area (Å²) < 4.78 is 41.2. The van der Waals surface area contributed by atoms with Crippen LogP contribution in [0.3, 0.4) is 0 Å². The van der Waals surface area contributed by atoms with Crippen LogP contribution < -0.4 is 20.1 Å². The predicted octanol–water partition coefficient (Wildman–Crippen LogP) is 5.98. The number of aromatic nitrogens is 1. The highest BCUT2D eigenvalue weighted by Gasteiger charge is 2.35. The third-order valence-corrected chi connectivity index (χ3v) is 7.45. The molecule has 8 nitrogen and oxygen atoms in total. The number of anilines is 1. The van der Waals surface area contributed by atoms with Crippen LogP contribution in [0.2, 0.25) is 0 Å². The Morgan fingerprint density at radius 1 is 1.10 bits per heavy atom. The second kappa shape index (κ2) is 11.0. The zero-order chi connectivity index (χ0) is 28.4. The second-order valence-electron chi connectivity index (χ2n) is 9.47. The Balaban J connectivity index is 1.43. The fourth-order valence-corrected chi connectivity index (χ4v) is 5.37. The number of carboxylic acid groups (broad SMARTS) is 1. The molecule has 1 aliphatic rings. The van der Waals surface area contributed by atoms with Gasteiger partial charge in [0.25, 0.3) is 0 Å². The maximum atomic E-state index is 15.1. The van der Waals surface area contributed by atoms with Gasteiger partial charge in [0.1, 0.15) is 17.4 Å². The number of methoxy groups -OCH3 is 1. The molecule has 1 aliphatic heterocycles. The Bertz CT molecular complexity index is 1600. The van der Waals surface area contributed by atoms with Crippen LogP contribution in [-0.4, -0.2) is 35.6 Å². The van der Waals surface area contributed by atoms with E-state index < -0.39 is 23.1 Å². The maximum Gasteiger partial charge on any atom is 0.335 e. The van der Waals surface area contributed by atoms with Crippen molar-refractivity contribution in [1.82, 2.24) is 10.3 Å². The molecule has 206 valence electrons. The first-order valence-electron chi connectivity index (χ1n) is 12.3. The van der Waals surface area contributed by atoms with Gasteiger partial charge in [-0.3, -0.25) is 4.79 Å². The summed E-state index contributed by atoms with van der Waals surface area (Å²) in [5.41, 5.74) is 0.785. The van der Waals surface area contributed by atoms with Gasteiger partial charge in [-0.15, -0.1) is 11.3 Å². The van der Waals surface area contributed by atoms with Crippen molar-refractivity contribution in [1.29, 1.82) is 0 Å². The molecule has 1 aromatic heterocycles. The molecule has 1 amide bonds. The molecule has 4 aromatic rings. The monoisotopic (exact) mass is 565 g/mol. The van der Waals surface area contributed by atoms with E-state index in [0.717, 1.165) is 23.3 Å². The first-order chi connectivity index (χ1) is 19.2. The largest absolute Gasteiger partial charge is 0.493 e. The highest BCUT2D eigenvalue weighted by Crippen LogP contribution is 2.41. The first-order valence-corrected chi connectivity index (χ1v) is 13.2. The van der Waals surface area contributed by atoms with Crippen LogP contribution in [0.15, 0.2) is 60.1 Å². The number of carboxylic acids is 1. The summed E-state index contributed by atoms with van der Waals surface area (Å²) in [4.78, 5) is 28.0. The third kappa shape index (κ3) is 5.51. The lowest BCUT2D eigenvalue weighted by atomic mass is 9.81. The van der Waals surface area contributed by atoms with Crippen LogP contribution in [0.1, 0.15) is 34.8 Å². The average molecular weight is 566 g/mol. The molecule has 2 heterocycles. The Labute approximate surface area is 232 Å². The van der Waals surface area contributed by atoms with E-state index in [0.29, 0.717) is 29.6 Å². The van der Waals surface area contributed by atoms with Crippen molar-refractivity contribution in [3.05, 3.63) is 88.4 Å². The van der Waals surface area contributed by atoms with Crippen molar-refractivity contribution < 1.29 is 33.0 Å². The van der Waals surface area contributed by atoms with Crippen molar-refractivity contribution in [2.24, 2.45) is 0 Å². The molecule has 11 heteroatoms. The first kappa shape index (κ1) is 27.2. The number of thiazole rings is 1. The summed E-state index contributed by atoms with van der Waals surface area (Å²) in [7, 11) is 1.50. The number of amides is 1. The molecular weight excluding hydrogens is 540 g/mol. The molecular formula is C29H25F2N3O5S. The number of carbonyl (C=O) groups excluding carboxylic acids is 1. The summed E-state index contributed by atoms with van der Waals surface area (Å²) in [5, 5.41) is 17.6. The van der Waals surface area contributed by atoms with E-state index >= 15 is 4.39 Å². The lowest BCUT2D eigenvalue weighted by Crippen LogP contribution is -2.47. The van der Waals surface area contributed by atoms with Crippen molar-refractivity contribution in [2.45, 2.75) is 25.3 Å². The minimum absolute atomic E-state index is 0.0396. The molecule has 3 N–H and O–H groups in total. The highest BCUT2D eigenvalue weighted by molar-refractivity contribution is 7.13. The van der Waals surface area contributed by atoms with E-state index in [1.165, 1.54) is 42.7 Å². The Kier molecular flexibility index (Phi) is 7.51. The molecule has 0 saturated carbocycles. The lowest BCUT2D eigenvalue weighted by Gasteiger charge is -2.37. The number of fused-ring (bicyclic) bond motifs is 1. The fourth-order valence-electron chi connectivity index (χ4n) is 4.83. The second-order valence-corrected chi connectivity index (χ2v) is 10.4. The number of halogens is 2. The zero-order valence-electron chi connectivity index (χ0n) is 21.6. The average Bonchev–Trinajstić information content (AvgIpc) is 3.42. The van der Waals surface area contributed by atoms with Crippen LogP contribution >= 0.6 is 11.3 Å². The Hall–Kier alpha value is -4.35. The van der Waals surface area contributed by atoms with Gasteiger partial charge in [-0.25, -0.2) is 18.6 Å². The molecule has 0 unspecified atom stereocenters. The SMILES string of the molecule is COc1cc2c(cc1Oc1ccc(-c3ccc(C(=O)O)cc3F)c(F)c1)[C@@](C)(CC(=O)Nc1nccs1)NCC2. The van der Waals surface area contributed by atoms with Gasteiger partial charge < -0.3 is 25.2 Å². The van der Waals surface area contributed by atoms with E-state index in [2.05, 4.69) is 15.6 Å². The summed E-state index contributed by atoms with van der Waals surface area (Å²) >= 11 is 1.33. The minimum atomic E-state index is -1.28. The van der Waals surface area contributed by atoms with Crippen LogP contribution in [0.5, 0.6) is 17.2 Å². The number of nitrogens with one attached hydrogen (secondary N) is 2. The standard InChI is InChI=1S/C29H25F2N3O5S/c1-29(15-26(35)34-28-32-9-10-40-28)21-14-25(24(38-2)12-16(21)7-8-33-29)39-18-4-6-20(23(31)13-18)19-5-3-17(27(36)37)11-22(19)30/h3-6,9-14,33H,7-8,15H2,1-2H3,(H,36,37)(H,32,34,35)/t29-/m1/s1. The van der Waals surface area contributed by atoms with Crippen LogP contribution in [0.4, 0.5) is 13.9 Å². The van der Waals surface area contributed by atoms with Crippen molar-refractivity contribution in [3.8, 4) is 28.4 Å². The fraction of sp³-hybridized carbons (Fsp3) is 0.207. The van der Waals surface area contributed by atoms with Crippen LogP contribution in [0, 0.1) is 11.6 Å². The predicted molar refractivity (Wildman–Crippen MR) is 146 cm³/mol. The molecule has 5 rings (SSSR count). The van der Waals surface area contributed by atoms with Crippen LogP contribution in [0.25, 0.3) is 11.1 Å². The van der Waals surface area contributed by atoms with E-state index in [4.69, 9.17) is 14.6 Å². The van der Waals surface area contributed by atoms with E-state index in [1.807, 2.05) is 13.0 Å². The lowest BCUT2D eigenvalue weighted by molar-refractivity contribution is -0.117. The number of nitrogens with zero attached hydrogens (tertiary/aromatic N) is 1. The van der Waals surface area contributed by atoms with Gasteiger partial charge in [-0.05, 0) is 60.9 Å². The molecule has 0 fully saturated rings. The molecule has 0 bridgehead atoms. The smallest absolute Gasteiger partial charge is 0.335 e. The number of rotatable bonds is 8. The number of hydrogen-bond donors (Lipinski definition) is 3. The molecule has 40 heavy (non-hydrogen) atoms. The van der Waals surface area contributed by atoms with Crippen LogP contribution in [-0.2, 0) is 16.8 Å². The summed E-state index contributed by atoms with van der Waals surface area (Å²) in [5.74, 6) is -2.17. The summed E-state index contributed by atoms with van der Waals surface area (Å²) in [6, 6.07) is 10.9. The van der Waals surface area contributed by atoms with E-state index in [-0.39, 0.29) is 34.8 Å². The van der Waals surface area contributed by atoms with Crippen molar-refractivity contribution in [3.63, 3.8) is 0 Å². The normalized spacial score (nSPS) is 16.2. The van der Waals surface area contributed by atoms with Crippen molar-refractivity contribution >= 4 is 28.3 Å². The Morgan fingerprint density at radius 2 is 1.85 bits per heavy atom. The van der Waals surface area contributed by atoms with Gasteiger partial charge in [-0.1, -0.05) is 6.07 Å². The number of aromatic carboxylic acids is 1. The maximum absolute atomic E-state index is 15.1. The van der Waals surface area contributed by atoms with Gasteiger partial charge in [-0.2, -0.15) is 0 Å². The van der Waals surface area contributed by atoms with Gasteiger partial charge >= 0.3 is 5.97 Å². The summed E-state index contributed by atoms with van der Waals surface area (Å²) in [6.45, 7) is 2.59. The number of carbonyl (C=O) groups is 2. The minimum Gasteiger partial charge on any atom is -0.493 e. The topological polar surface area (TPSA) is 110 Å². The van der Waals surface area contributed by atoms with E-state index in [9.17, 15) is 14.0 Å². The molecule has 0 aliphatic carbocycles. The van der Waals surface area contributed by atoms with Crippen molar-refractivity contribution in [2.75, 3.05) is 19.0 Å². The van der Waals surface area contributed by atoms with Gasteiger partial charge in [0, 0.05) is 47.3 Å². The molecule has 0 radical (unpaired) electrons. The molecule has 0 spiro atoms. The summed E-state index contributed by atoms with van der Waals surface area (Å²) in [6.07, 6.45) is 2.47. The van der Waals surface area contributed by atoms with Gasteiger partial charge in [0.05, 0.1) is 12.7 Å².